The van der Waals surface area contributed by atoms with Crippen LogP contribution in [-0.4, -0.2) is 15.6 Å². The van der Waals surface area contributed by atoms with Gasteiger partial charge in [0, 0.05) is 14.1 Å². The van der Waals surface area contributed by atoms with E-state index < -0.39 is 0 Å². The van der Waals surface area contributed by atoms with Gasteiger partial charge in [-0.2, -0.15) is 5.26 Å². The molecule has 0 aliphatic heterocycles. The van der Waals surface area contributed by atoms with Crippen LogP contribution in [0.15, 0.2) is 9.82 Å². The van der Waals surface area contributed by atoms with Crippen molar-refractivity contribution in [2.24, 2.45) is 14.1 Å². The highest BCUT2D eigenvalue weighted by atomic mass is 32.2. The van der Waals surface area contributed by atoms with Gasteiger partial charge in [0.1, 0.15) is 11.1 Å². The third-order valence-electron chi connectivity index (χ3n) is 1.77. The van der Waals surface area contributed by atoms with Crippen molar-refractivity contribution in [1.82, 2.24) is 9.36 Å². The zero-order valence-electron chi connectivity index (χ0n) is 7.16. The highest BCUT2D eigenvalue weighted by Crippen LogP contribution is 2.15. The van der Waals surface area contributed by atoms with E-state index in [2.05, 4.69) is 0 Å². The van der Waals surface area contributed by atoms with Crippen molar-refractivity contribution in [3.05, 3.63) is 15.9 Å². The lowest BCUT2D eigenvalue weighted by atomic mass is 10.4. The molecule has 0 amide bonds. The second-order valence-corrected chi connectivity index (χ2v) is 3.14. The third-order valence-corrected chi connectivity index (χ3v) is 2.63. The zero-order chi connectivity index (χ0) is 9.30. The lowest BCUT2D eigenvalue weighted by Crippen LogP contribution is -2.17. The fraction of sp³-hybridized carbons (Fsp3) is 0.429. The lowest BCUT2D eigenvalue weighted by molar-refractivity contribution is 0.543. The van der Waals surface area contributed by atoms with Gasteiger partial charge in [-0.05, 0) is 6.26 Å². The van der Waals surface area contributed by atoms with Gasteiger partial charge in [0.15, 0.2) is 5.56 Å². The molecule has 0 atom stereocenters. The first-order valence-electron chi connectivity index (χ1n) is 3.33. The molecule has 0 aliphatic carbocycles. The Morgan fingerprint density at radius 2 is 2.00 bits per heavy atom. The Morgan fingerprint density at radius 1 is 1.42 bits per heavy atom. The highest BCUT2D eigenvalue weighted by molar-refractivity contribution is 7.98. The van der Waals surface area contributed by atoms with Crippen molar-refractivity contribution in [2.45, 2.75) is 5.03 Å². The number of nitrogens with zero attached hydrogens (tertiary/aromatic N) is 3. The van der Waals surface area contributed by atoms with E-state index in [0.717, 1.165) is 0 Å². The average molecular weight is 183 g/mol. The number of hydrogen-bond donors (Lipinski definition) is 0. The summed E-state index contributed by atoms with van der Waals surface area (Å²) in [5.74, 6) is 0. The van der Waals surface area contributed by atoms with Crippen molar-refractivity contribution in [3.8, 4) is 6.07 Å². The van der Waals surface area contributed by atoms with Crippen LogP contribution in [0.25, 0.3) is 0 Å². The topological polar surface area (TPSA) is 50.7 Å². The molecule has 0 saturated heterocycles. The van der Waals surface area contributed by atoms with Crippen LogP contribution in [0.4, 0.5) is 0 Å². The quantitative estimate of drug-likeness (QED) is 0.589. The molecule has 4 nitrogen and oxygen atoms in total. The van der Waals surface area contributed by atoms with Crippen LogP contribution in [0.1, 0.15) is 5.56 Å². The maximum Gasteiger partial charge on any atom is 0.285 e. The molecule has 1 aromatic heterocycles. The minimum atomic E-state index is -0.232. The van der Waals surface area contributed by atoms with Gasteiger partial charge in [-0.3, -0.25) is 14.2 Å². The van der Waals surface area contributed by atoms with Gasteiger partial charge in [0.2, 0.25) is 0 Å². The minimum absolute atomic E-state index is 0.229. The molecule has 0 radical (unpaired) electrons. The van der Waals surface area contributed by atoms with Gasteiger partial charge in [0.05, 0.1) is 0 Å². The molecule has 12 heavy (non-hydrogen) atoms. The number of aromatic nitrogens is 2. The van der Waals surface area contributed by atoms with E-state index in [4.69, 9.17) is 5.26 Å². The molecule has 0 N–H and O–H groups in total. The minimum Gasteiger partial charge on any atom is -0.278 e. The molecule has 0 unspecified atom stereocenters. The maximum atomic E-state index is 11.3. The maximum absolute atomic E-state index is 11.3. The third kappa shape index (κ3) is 1.04. The molecule has 1 heterocycles. The van der Waals surface area contributed by atoms with Gasteiger partial charge in [-0.1, -0.05) is 0 Å². The molecule has 5 heteroatoms. The van der Waals surface area contributed by atoms with Gasteiger partial charge in [-0.15, -0.1) is 11.8 Å². The van der Waals surface area contributed by atoms with E-state index in [-0.39, 0.29) is 11.1 Å². The molecular weight excluding hydrogens is 174 g/mol. The molecule has 0 aromatic carbocycles. The van der Waals surface area contributed by atoms with Crippen LogP contribution in [0.2, 0.25) is 0 Å². The Hall–Kier alpha value is -1.15. The Labute approximate surface area is 74.4 Å². The molecule has 0 spiro atoms. The molecule has 64 valence electrons. The van der Waals surface area contributed by atoms with Crippen molar-refractivity contribution in [2.75, 3.05) is 6.26 Å². The standard InChI is InChI=1S/C7H9N3OS/c1-9-6(11)5(4-8)7(12-3)10(9)2/h1-3H3. The zero-order valence-corrected chi connectivity index (χ0v) is 7.97. The molecule has 0 aliphatic rings. The fourth-order valence-corrected chi connectivity index (χ4v) is 1.74. The van der Waals surface area contributed by atoms with Gasteiger partial charge >= 0.3 is 0 Å². The Kier molecular flexibility index (Phi) is 2.29. The molecule has 0 fully saturated rings. The summed E-state index contributed by atoms with van der Waals surface area (Å²) in [5.41, 5.74) is -0.00292. The van der Waals surface area contributed by atoms with Gasteiger partial charge in [-0.25, -0.2) is 0 Å². The normalized spacial score (nSPS) is 9.83. The number of hydrogen-bond acceptors (Lipinski definition) is 3. The van der Waals surface area contributed by atoms with Crippen LogP contribution in [0.5, 0.6) is 0 Å². The van der Waals surface area contributed by atoms with Crippen LogP contribution in [0, 0.1) is 11.3 Å². The van der Waals surface area contributed by atoms with E-state index in [9.17, 15) is 4.79 Å². The van der Waals surface area contributed by atoms with Crippen molar-refractivity contribution >= 4 is 11.8 Å². The van der Waals surface area contributed by atoms with E-state index in [1.807, 2.05) is 12.3 Å². The van der Waals surface area contributed by atoms with Gasteiger partial charge < -0.3 is 0 Å². The van der Waals surface area contributed by atoms with Crippen molar-refractivity contribution in [1.29, 1.82) is 5.26 Å². The first-order valence-corrected chi connectivity index (χ1v) is 4.56. The highest BCUT2D eigenvalue weighted by Gasteiger charge is 2.13. The summed E-state index contributed by atoms with van der Waals surface area (Å²) in [6.07, 6.45) is 1.84. The summed E-state index contributed by atoms with van der Waals surface area (Å²) in [4.78, 5) is 11.3. The predicted molar refractivity (Wildman–Crippen MR) is 47.2 cm³/mol. The summed E-state index contributed by atoms with van der Waals surface area (Å²) in [7, 11) is 3.40. The van der Waals surface area contributed by atoms with E-state index in [0.29, 0.717) is 5.03 Å². The molecule has 1 aromatic rings. The number of nitriles is 1. The monoisotopic (exact) mass is 183 g/mol. The van der Waals surface area contributed by atoms with Crippen molar-refractivity contribution in [3.63, 3.8) is 0 Å². The Bertz CT molecular complexity index is 396. The molecule has 0 bridgehead atoms. The fourth-order valence-electron chi connectivity index (χ4n) is 1.02. The number of thioether (sulfide) groups is 1. The van der Waals surface area contributed by atoms with E-state index >= 15 is 0 Å². The van der Waals surface area contributed by atoms with Crippen LogP contribution in [-0.2, 0) is 14.1 Å². The summed E-state index contributed by atoms with van der Waals surface area (Å²) in [6, 6.07) is 1.90. The van der Waals surface area contributed by atoms with Gasteiger partial charge in [0.25, 0.3) is 5.56 Å². The molecule has 1 rings (SSSR count). The molecule has 0 saturated carbocycles. The summed E-state index contributed by atoms with van der Waals surface area (Å²) in [5, 5.41) is 9.39. The SMILES string of the molecule is CSc1c(C#N)c(=O)n(C)n1C. The summed E-state index contributed by atoms with van der Waals surface area (Å²) in [6.45, 7) is 0. The average Bonchev–Trinajstić information content (AvgIpc) is 2.29. The predicted octanol–water partition coefficient (Wildman–Crippen LogP) is 0.317. The second-order valence-electron chi connectivity index (χ2n) is 2.35. The first kappa shape index (κ1) is 8.94. The second kappa shape index (κ2) is 3.07. The lowest BCUT2D eigenvalue weighted by Gasteiger charge is -2.01. The summed E-state index contributed by atoms with van der Waals surface area (Å²) >= 11 is 1.40. The van der Waals surface area contributed by atoms with Crippen LogP contribution in [0.3, 0.4) is 0 Å². The Morgan fingerprint density at radius 3 is 2.33 bits per heavy atom. The number of rotatable bonds is 1. The van der Waals surface area contributed by atoms with E-state index in [1.165, 1.54) is 16.4 Å². The van der Waals surface area contributed by atoms with Crippen molar-refractivity contribution < 1.29 is 0 Å². The van der Waals surface area contributed by atoms with Crippen LogP contribution >= 0.6 is 11.8 Å². The molecular formula is C7H9N3OS. The Balaban J connectivity index is 3.58. The first-order chi connectivity index (χ1) is 5.63. The smallest absolute Gasteiger partial charge is 0.278 e. The summed E-state index contributed by atoms with van der Waals surface area (Å²) < 4.78 is 3.09. The van der Waals surface area contributed by atoms with Crippen LogP contribution < -0.4 is 5.56 Å². The van der Waals surface area contributed by atoms with E-state index in [1.54, 1.807) is 18.8 Å². The largest absolute Gasteiger partial charge is 0.285 e.